The highest BCUT2D eigenvalue weighted by Gasteiger charge is 2.11. The summed E-state index contributed by atoms with van der Waals surface area (Å²) in [5, 5.41) is 6.03. The maximum Gasteiger partial charge on any atom is 0.262 e. The number of amides is 2. The van der Waals surface area contributed by atoms with Gasteiger partial charge >= 0.3 is 0 Å². The van der Waals surface area contributed by atoms with Gasteiger partial charge in [0.05, 0.1) is 10.9 Å². The molecule has 0 saturated carbocycles. The number of carbonyl (C=O) groups is 2. The topological polar surface area (TPSA) is 96.0 Å². The normalized spacial score (nSPS) is 10.8. The van der Waals surface area contributed by atoms with E-state index in [4.69, 9.17) is 12.2 Å². The van der Waals surface area contributed by atoms with Gasteiger partial charge in [0.2, 0.25) is 5.91 Å². The molecule has 8 heteroatoms. The van der Waals surface area contributed by atoms with Crippen LogP contribution in [-0.2, 0) is 11.3 Å². The second-order valence-corrected chi connectivity index (χ2v) is 7.46. The average Bonchev–Trinajstić information content (AvgIpc) is 2.72. The average molecular weight is 423 g/mol. The van der Waals surface area contributed by atoms with E-state index in [1.165, 1.54) is 4.57 Å². The van der Waals surface area contributed by atoms with Gasteiger partial charge in [0.25, 0.3) is 11.5 Å². The molecule has 0 aliphatic rings. The Morgan fingerprint density at radius 1 is 1.13 bits per heavy atom. The lowest BCUT2D eigenvalue weighted by molar-refractivity contribution is -0.118. The summed E-state index contributed by atoms with van der Waals surface area (Å²) in [4.78, 5) is 39.9. The van der Waals surface area contributed by atoms with Gasteiger partial charge in [-0.3, -0.25) is 19.0 Å². The molecular formula is C22H22N4O3S. The Bertz CT molecular complexity index is 1240. The number of aromatic amines is 1. The Hall–Kier alpha value is -3.52. The van der Waals surface area contributed by atoms with Crippen molar-refractivity contribution in [1.29, 1.82) is 0 Å². The smallest absolute Gasteiger partial charge is 0.262 e. The largest absolute Gasteiger partial charge is 0.332 e. The zero-order valence-electron chi connectivity index (χ0n) is 16.7. The first-order valence-corrected chi connectivity index (χ1v) is 9.81. The third-order valence-corrected chi connectivity index (χ3v) is 4.81. The molecule has 0 bridgehead atoms. The SMILES string of the molecule is C=CCn1c(=S)[nH]c2cc(C(=O)Nc3ccc(NC(=O)C(C)C)cc3)ccc2c1=O. The van der Waals surface area contributed by atoms with E-state index < -0.39 is 0 Å². The molecule has 1 aromatic heterocycles. The molecule has 154 valence electrons. The zero-order chi connectivity index (χ0) is 21.8. The summed E-state index contributed by atoms with van der Waals surface area (Å²) in [5.74, 6) is -0.525. The number of carbonyl (C=O) groups excluding carboxylic acids is 2. The quantitative estimate of drug-likeness (QED) is 0.412. The molecule has 1 heterocycles. The zero-order valence-corrected chi connectivity index (χ0v) is 17.5. The predicted molar refractivity (Wildman–Crippen MR) is 121 cm³/mol. The number of allylic oxidation sites excluding steroid dienone is 1. The van der Waals surface area contributed by atoms with E-state index >= 15 is 0 Å². The first kappa shape index (κ1) is 21.2. The van der Waals surface area contributed by atoms with E-state index in [1.807, 2.05) is 13.8 Å². The summed E-state index contributed by atoms with van der Waals surface area (Å²) >= 11 is 5.23. The van der Waals surface area contributed by atoms with Crippen molar-refractivity contribution in [2.24, 2.45) is 5.92 Å². The summed E-state index contributed by atoms with van der Waals surface area (Å²) in [5.41, 5.74) is 1.87. The summed E-state index contributed by atoms with van der Waals surface area (Å²) in [7, 11) is 0. The van der Waals surface area contributed by atoms with Crippen LogP contribution in [0.2, 0.25) is 0 Å². The van der Waals surface area contributed by atoms with E-state index in [9.17, 15) is 14.4 Å². The molecule has 0 atom stereocenters. The monoisotopic (exact) mass is 422 g/mol. The van der Waals surface area contributed by atoms with Crippen LogP contribution in [0.1, 0.15) is 24.2 Å². The fourth-order valence-corrected chi connectivity index (χ4v) is 3.08. The molecular weight excluding hydrogens is 400 g/mol. The number of benzene rings is 2. The van der Waals surface area contributed by atoms with Crippen molar-refractivity contribution in [2.75, 3.05) is 10.6 Å². The highest BCUT2D eigenvalue weighted by Crippen LogP contribution is 2.17. The summed E-state index contributed by atoms with van der Waals surface area (Å²) in [6.07, 6.45) is 1.60. The molecule has 0 fully saturated rings. The maximum atomic E-state index is 12.6. The molecule has 3 N–H and O–H groups in total. The molecule has 0 saturated heterocycles. The van der Waals surface area contributed by atoms with Gasteiger partial charge in [0, 0.05) is 29.4 Å². The first-order chi connectivity index (χ1) is 14.3. The van der Waals surface area contributed by atoms with Gasteiger partial charge in [0.1, 0.15) is 0 Å². The molecule has 30 heavy (non-hydrogen) atoms. The number of fused-ring (bicyclic) bond motifs is 1. The summed E-state index contributed by atoms with van der Waals surface area (Å²) < 4.78 is 1.67. The number of hydrogen-bond donors (Lipinski definition) is 3. The van der Waals surface area contributed by atoms with Gasteiger partial charge in [-0.1, -0.05) is 19.9 Å². The van der Waals surface area contributed by atoms with Crippen molar-refractivity contribution in [3.05, 3.63) is 75.8 Å². The number of nitrogens with zero attached hydrogens (tertiary/aromatic N) is 1. The van der Waals surface area contributed by atoms with Crippen molar-refractivity contribution in [2.45, 2.75) is 20.4 Å². The van der Waals surface area contributed by atoms with Gasteiger partial charge < -0.3 is 15.6 Å². The molecule has 0 unspecified atom stereocenters. The molecule has 0 aliphatic carbocycles. The Balaban J connectivity index is 1.81. The van der Waals surface area contributed by atoms with E-state index in [0.29, 0.717) is 34.4 Å². The van der Waals surface area contributed by atoms with Crippen molar-refractivity contribution >= 4 is 46.3 Å². The molecule has 2 amide bonds. The van der Waals surface area contributed by atoms with Crippen LogP contribution in [0.5, 0.6) is 0 Å². The second kappa shape index (κ2) is 8.87. The molecule has 7 nitrogen and oxygen atoms in total. The Labute approximate surface area is 178 Å². The van der Waals surface area contributed by atoms with Crippen LogP contribution in [0.25, 0.3) is 10.9 Å². The van der Waals surface area contributed by atoms with Crippen LogP contribution >= 0.6 is 12.2 Å². The van der Waals surface area contributed by atoms with E-state index in [-0.39, 0.29) is 28.1 Å². The van der Waals surface area contributed by atoms with Crippen LogP contribution in [0.4, 0.5) is 11.4 Å². The molecule has 0 spiro atoms. The van der Waals surface area contributed by atoms with Gasteiger partial charge in [-0.05, 0) is 54.7 Å². The van der Waals surface area contributed by atoms with Crippen molar-refractivity contribution in [1.82, 2.24) is 9.55 Å². The second-order valence-electron chi connectivity index (χ2n) is 7.07. The third kappa shape index (κ3) is 4.55. The lowest BCUT2D eigenvalue weighted by atomic mass is 10.1. The lowest BCUT2D eigenvalue weighted by Crippen LogP contribution is -2.22. The van der Waals surface area contributed by atoms with Crippen LogP contribution in [0.15, 0.2) is 59.9 Å². The minimum atomic E-state index is -0.328. The van der Waals surface area contributed by atoms with Crippen molar-refractivity contribution < 1.29 is 9.59 Å². The first-order valence-electron chi connectivity index (χ1n) is 9.40. The maximum absolute atomic E-state index is 12.6. The Morgan fingerprint density at radius 3 is 2.37 bits per heavy atom. The summed E-state index contributed by atoms with van der Waals surface area (Å²) in [6.45, 7) is 7.56. The van der Waals surface area contributed by atoms with Crippen molar-refractivity contribution in [3.63, 3.8) is 0 Å². The Kier molecular flexibility index (Phi) is 6.27. The van der Waals surface area contributed by atoms with Crippen LogP contribution in [-0.4, -0.2) is 21.4 Å². The number of aromatic nitrogens is 2. The van der Waals surface area contributed by atoms with Crippen LogP contribution in [0.3, 0.4) is 0 Å². The molecule has 0 aliphatic heterocycles. The highest BCUT2D eigenvalue weighted by atomic mass is 32.1. The van der Waals surface area contributed by atoms with Gasteiger partial charge in [-0.25, -0.2) is 0 Å². The van der Waals surface area contributed by atoms with Crippen molar-refractivity contribution in [3.8, 4) is 0 Å². The number of rotatable bonds is 6. The van der Waals surface area contributed by atoms with E-state index in [1.54, 1.807) is 48.5 Å². The number of hydrogen-bond acceptors (Lipinski definition) is 4. The van der Waals surface area contributed by atoms with Gasteiger partial charge in [-0.15, -0.1) is 6.58 Å². The van der Waals surface area contributed by atoms with Gasteiger partial charge in [0.15, 0.2) is 4.77 Å². The molecule has 3 rings (SSSR count). The Morgan fingerprint density at radius 2 is 1.77 bits per heavy atom. The number of H-pyrrole nitrogens is 1. The van der Waals surface area contributed by atoms with Gasteiger partial charge in [-0.2, -0.15) is 0 Å². The molecule has 3 aromatic rings. The van der Waals surface area contributed by atoms with E-state index in [0.717, 1.165) is 0 Å². The molecule has 0 radical (unpaired) electrons. The molecule has 2 aromatic carbocycles. The summed E-state index contributed by atoms with van der Waals surface area (Å²) in [6, 6.07) is 11.6. The number of nitrogens with one attached hydrogen (secondary N) is 3. The van der Waals surface area contributed by atoms with Crippen LogP contribution in [0, 0.1) is 10.7 Å². The fourth-order valence-electron chi connectivity index (χ4n) is 2.82. The lowest BCUT2D eigenvalue weighted by Gasteiger charge is -2.10. The third-order valence-electron chi connectivity index (χ3n) is 4.49. The van der Waals surface area contributed by atoms with E-state index in [2.05, 4.69) is 22.2 Å². The predicted octanol–water partition coefficient (Wildman–Crippen LogP) is 4.09. The fraction of sp³-hybridized carbons (Fsp3) is 0.182. The minimum absolute atomic E-state index is 0.0764. The highest BCUT2D eigenvalue weighted by molar-refractivity contribution is 7.71. The van der Waals surface area contributed by atoms with Crippen LogP contribution < -0.4 is 16.2 Å². The standard InChI is InChI=1S/C22H22N4O3S/c1-4-11-26-21(29)17-10-5-14(12-18(17)25-22(26)30)20(28)24-16-8-6-15(7-9-16)23-19(27)13(2)3/h4-10,12-13H,1,11H2,2-3H3,(H,23,27)(H,24,28)(H,25,30). The minimum Gasteiger partial charge on any atom is -0.332 e. The number of anilines is 2.